The first kappa shape index (κ1) is 16.5. The molecule has 0 spiro atoms. The molecule has 1 aliphatic heterocycles. The first-order valence-electron chi connectivity index (χ1n) is 8.18. The average molecular weight is 329 g/mol. The summed E-state index contributed by atoms with van der Waals surface area (Å²) in [6.07, 6.45) is 0.882. The Morgan fingerprint density at radius 2 is 2.21 bits per heavy atom. The molecule has 0 saturated carbocycles. The number of nitrogens with zero attached hydrogens (tertiary/aromatic N) is 3. The number of benzene rings is 1. The van der Waals surface area contributed by atoms with Gasteiger partial charge in [-0.2, -0.15) is 0 Å². The zero-order chi connectivity index (χ0) is 17.1. The Hall–Kier alpha value is -2.34. The van der Waals surface area contributed by atoms with Crippen LogP contribution in [0.3, 0.4) is 0 Å². The number of methoxy groups -OCH3 is 1. The number of fused-ring (bicyclic) bond motifs is 1. The molecular formula is C18H23N3O3. The summed E-state index contributed by atoms with van der Waals surface area (Å²) in [5, 5.41) is 3.92. The molecule has 0 N–H and O–H groups in total. The number of ether oxygens (including phenoxy) is 1. The zero-order valence-corrected chi connectivity index (χ0v) is 14.4. The molecule has 1 aromatic heterocycles. The van der Waals surface area contributed by atoms with Gasteiger partial charge >= 0.3 is 0 Å². The second kappa shape index (κ2) is 7.05. The Bertz CT molecular complexity index is 713. The summed E-state index contributed by atoms with van der Waals surface area (Å²) < 4.78 is 10.2. The predicted octanol–water partition coefficient (Wildman–Crippen LogP) is 2.69. The van der Waals surface area contributed by atoms with Crippen LogP contribution >= 0.6 is 0 Å². The fraction of sp³-hybridized carbons (Fsp3) is 0.444. The van der Waals surface area contributed by atoms with Crippen molar-refractivity contribution in [3.63, 3.8) is 0 Å². The molecule has 2 aromatic rings. The van der Waals surface area contributed by atoms with Crippen LogP contribution in [-0.4, -0.2) is 42.7 Å². The van der Waals surface area contributed by atoms with E-state index in [9.17, 15) is 4.79 Å². The number of carbonyl (C=O) groups excluding carboxylic acids is 1. The van der Waals surface area contributed by atoms with Crippen molar-refractivity contribution in [1.82, 2.24) is 10.1 Å². The van der Waals surface area contributed by atoms with Crippen molar-refractivity contribution >= 4 is 11.6 Å². The maximum absolute atomic E-state index is 13.0. The standard InChI is InChI=1S/C18H23N3O3/c1-4-14-11-20(2)17-8-6-5-7-13(17)10-21(14)18(22)16-9-15(12-23-3)24-19-16/h5-9,14H,4,10-12H2,1-3H3. The molecule has 24 heavy (non-hydrogen) atoms. The molecule has 128 valence electrons. The van der Waals surface area contributed by atoms with Crippen molar-refractivity contribution in [3.05, 3.63) is 47.3 Å². The summed E-state index contributed by atoms with van der Waals surface area (Å²) in [5.41, 5.74) is 2.65. The molecule has 6 nitrogen and oxygen atoms in total. The summed E-state index contributed by atoms with van der Waals surface area (Å²) in [7, 11) is 3.65. The van der Waals surface area contributed by atoms with Crippen LogP contribution in [0, 0.1) is 0 Å². The van der Waals surface area contributed by atoms with Crippen LogP contribution in [0.1, 0.15) is 35.2 Å². The highest BCUT2D eigenvalue weighted by molar-refractivity contribution is 5.92. The minimum atomic E-state index is -0.0990. The summed E-state index contributed by atoms with van der Waals surface area (Å²) >= 11 is 0. The first-order chi connectivity index (χ1) is 11.6. The third-order valence-electron chi connectivity index (χ3n) is 4.47. The SMILES string of the molecule is CCC1CN(C)c2ccccc2CN1C(=O)c1cc(COC)on1. The van der Waals surface area contributed by atoms with Crippen LogP contribution in [0.15, 0.2) is 34.9 Å². The largest absolute Gasteiger partial charge is 0.377 e. The van der Waals surface area contributed by atoms with Gasteiger partial charge in [-0.25, -0.2) is 0 Å². The lowest BCUT2D eigenvalue weighted by Gasteiger charge is -2.30. The Labute approximate surface area is 142 Å². The predicted molar refractivity (Wildman–Crippen MR) is 90.9 cm³/mol. The summed E-state index contributed by atoms with van der Waals surface area (Å²) in [4.78, 5) is 17.1. The first-order valence-corrected chi connectivity index (χ1v) is 8.18. The summed E-state index contributed by atoms with van der Waals surface area (Å²) in [6, 6.07) is 10.00. The highest BCUT2D eigenvalue weighted by Crippen LogP contribution is 2.28. The molecule has 0 bridgehead atoms. The molecule has 0 radical (unpaired) electrons. The Morgan fingerprint density at radius 3 is 2.96 bits per heavy atom. The van der Waals surface area contributed by atoms with Crippen LogP contribution < -0.4 is 4.90 Å². The van der Waals surface area contributed by atoms with Crippen molar-refractivity contribution in [2.75, 3.05) is 25.6 Å². The lowest BCUT2D eigenvalue weighted by molar-refractivity contribution is 0.0656. The van der Waals surface area contributed by atoms with Gasteiger partial charge in [0.15, 0.2) is 11.5 Å². The van der Waals surface area contributed by atoms with E-state index in [1.807, 2.05) is 17.0 Å². The van der Waals surface area contributed by atoms with Gasteiger partial charge in [-0.1, -0.05) is 30.3 Å². The van der Waals surface area contributed by atoms with E-state index in [1.165, 1.54) is 5.69 Å². The van der Waals surface area contributed by atoms with Crippen molar-refractivity contribution in [2.24, 2.45) is 0 Å². The Morgan fingerprint density at radius 1 is 1.42 bits per heavy atom. The maximum Gasteiger partial charge on any atom is 0.276 e. The third-order valence-corrected chi connectivity index (χ3v) is 4.47. The highest BCUT2D eigenvalue weighted by Gasteiger charge is 2.30. The smallest absolute Gasteiger partial charge is 0.276 e. The van der Waals surface area contributed by atoms with Crippen molar-refractivity contribution in [3.8, 4) is 0 Å². The fourth-order valence-electron chi connectivity index (χ4n) is 3.20. The minimum absolute atomic E-state index is 0.0990. The lowest BCUT2D eigenvalue weighted by Crippen LogP contribution is -2.43. The van der Waals surface area contributed by atoms with Crippen molar-refractivity contribution < 1.29 is 14.1 Å². The van der Waals surface area contributed by atoms with Crippen LogP contribution in [0.2, 0.25) is 0 Å². The second-order valence-corrected chi connectivity index (χ2v) is 6.12. The van der Waals surface area contributed by atoms with Crippen molar-refractivity contribution in [1.29, 1.82) is 0 Å². The van der Waals surface area contributed by atoms with Gasteiger partial charge in [-0.15, -0.1) is 0 Å². The molecule has 0 saturated heterocycles. The molecule has 0 aliphatic carbocycles. The van der Waals surface area contributed by atoms with Gasteiger partial charge in [0.05, 0.1) is 0 Å². The molecule has 2 heterocycles. The van der Waals surface area contributed by atoms with Gasteiger partial charge in [0, 0.05) is 45.0 Å². The van der Waals surface area contributed by atoms with Crippen LogP contribution in [0.4, 0.5) is 5.69 Å². The van der Waals surface area contributed by atoms with Crippen LogP contribution in [-0.2, 0) is 17.9 Å². The van der Waals surface area contributed by atoms with E-state index in [0.29, 0.717) is 24.6 Å². The lowest BCUT2D eigenvalue weighted by atomic mass is 10.1. The number of hydrogen-bond acceptors (Lipinski definition) is 5. The molecule has 0 fully saturated rings. The third kappa shape index (κ3) is 3.14. The van der Waals surface area contributed by atoms with Gasteiger partial charge in [0.2, 0.25) is 0 Å². The van der Waals surface area contributed by atoms with Crippen LogP contribution in [0.25, 0.3) is 0 Å². The quantitative estimate of drug-likeness (QED) is 0.863. The Balaban J connectivity index is 1.90. The maximum atomic E-state index is 13.0. The van der Waals surface area contributed by atoms with E-state index in [1.54, 1.807) is 13.2 Å². The summed E-state index contributed by atoms with van der Waals surface area (Å²) in [6.45, 7) is 3.78. The summed E-state index contributed by atoms with van der Waals surface area (Å²) in [5.74, 6) is 0.458. The number of anilines is 1. The van der Waals surface area contributed by atoms with Gasteiger partial charge in [0.25, 0.3) is 5.91 Å². The van der Waals surface area contributed by atoms with E-state index in [0.717, 1.165) is 18.5 Å². The average Bonchev–Trinajstić information content (AvgIpc) is 3.00. The molecular weight excluding hydrogens is 306 g/mol. The van der Waals surface area contributed by atoms with Crippen LogP contribution in [0.5, 0.6) is 0 Å². The normalized spacial score (nSPS) is 17.5. The minimum Gasteiger partial charge on any atom is -0.377 e. The van der Waals surface area contributed by atoms with E-state index < -0.39 is 0 Å². The topological polar surface area (TPSA) is 58.8 Å². The molecule has 6 heteroatoms. The van der Waals surface area contributed by atoms with E-state index in [4.69, 9.17) is 9.26 Å². The van der Waals surface area contributed by atoms with Crippen molar-refractivity contribution in [2.45, 2.75) is 32.5 Å². The molecule has 1 aromatic carbocycles. The highest BCUT2D eigenvalue weighted by atomic mass is 16.5. The van der Waals surface area contributed by atoms with E-state index >= 15 is 0 Å². The number of amides is 1. The molecule has 1 atom stereocenters. The number of aromatic nitrogens is 1. The van der Waals surface area contributed by atoms with Gasteiger partial charge in [0.1, 0.15) is 6.61 Å². The van der Waals surface area contributed by atoms with Gasteiger partial charge in [-0.3, -0.25) is 4.79 Å². The molecule has 1 amide bonds. The van der Waals surface area contributed by atoms with Gasteiger partial charge < -0.3 is 19.1 Å². The van der Waals surface area contributed by atoms with Gasteiger partial charge in [-0.05, 0) is 18.1 Å². The number of rotatable bonds is 4. The second-order valence-electron chi connectivity index (χ2n) is 6.12. The number of likely N-dealkylation sites (N-methyl/N-ethyl adjacent to an activating group) is 1. The molecule has 1 aliphatic rings. The number of hydrogen-bond donors (Lipinski definition) is 0. The number of carbonyl (C=O) groups is 1. The van der Waals surface area contributed by atoms with E-state index in [2.05, 4.69) is 36.2 Å². The zero-order valence-electron chi connectivity index (χ0n) is 14.4. The Kier molecular flexibility index (Phi) is 4.85. The number of para-hydroxylation sites is 1. The fourth-order valence-corrected chi connectivity index (χ4v) is 3.20. The molecule has 3 rings (SSSR count). The molecule has 1 unspecified atom stereocenters. The van der Waals surface area contributed by atoms with E-state index in [-0.39, 0.29) is 11.9 Å². The monoisotopic (exact) mass is 329 g/mol.